The van der Waals surface area contributed by atoms with Crippen LogP contribution in [-0.2, 0) is 19.0 Å². The van der Waals surface area contributed by atoms with E-state index in [0.717, 1.165) is 12.0 Å². The molecule has 5 rings (SSSR count). The van der Waals surface area contributed by atoms with E-state index < -0.39 is 11.2 Å². The zero-order valence-electron chi connectivity index (χ0n) is 10.3. The lowest BCUT2D eigenvalue weighted by molar-refractivity contribution is -0.298. The summed E-state index contributed by atoms with van der Waals surface area (Å²) in [6.07, 6.45) is 7.09. The molecule has 4 atom stereocenters. The Morgan fingerprint density at radius 2 is 2.39 bits per heavy atom. The summed E-state index contributed by atoms with van der Waals surface area (Å²) < 4.78 is 17.2. The number of carbonyl (C=O) groups is 1. The molecular formula is C14H16O4. The maximum Gasteiger partial charge on any atom is 0.243 e. The van der Waals surface area contributed by atoms with Gasteiger partial charge in [0.2, 0.25) is 11.6 Å². The Labute approximate surface area is 106 Å². The average molecular weight is 248 g/mol. The summed E-state index contributed by atoms with van der Waals surface area (Å²) in [4.78, 5) is 12.6. The van der Waals surface area contributed by atoms with Crippen molar-refractivity contribution in [3.05, 3.63) is 23.8 Å². The lowest BCUT2D eigenvalue weighted by Gasteiger charge is -2.60. The van der Waals surface area contributed by atoms with Crippen LogP contribution in [0.5, 0.6) is 0 Å². The Hall–Kier alpha value is -0.970. The minimum Gasteiger partial charge on any atom is -0.377 e. The van der Waals surface area contributed by atoms with Gasteiger partial charge in [0.25, 0.3) is 0 Å². The molecule has 2 aliphatic heterocycles. The fourth-order valence-corrected chi connectivity index (χ4v) is 4.13. The zero-order chi connectivity index (χ0) is 12.4. The van der Waals surface area contributed by atoms with Crippen LogP contribution < -0.4 is 0 Å². The number of hydrogen-bond acceptors (Lipinski definition) is 4. The van der Waals surface area contributed by atoms with E-state index in [1.807, 2.05) is 12.2 Å². The van der Waals surface area contributed by atoms with Crippen LogP contribution in [0.2, 0.25) is 0 Å². The van der Waals surface area contributed by atoms with Crippen molar-refractivity contribution in [2.45, 2.75) is 12.2 Å². The Balaban J connectivity index is 1.99. The number of carbonyl (C=O) groups excluding carboxylic acids is 1. The number of Topliss-reactive ketones (excluding diaryl/α,β-unsaturated/α-hetero) is 1. The first-order valence-electron chi connectivity index (χ1n) is 6.46. The van der Waals surface area contributed by atoms with Gasteiger partial charge in [0.1, 0.15) is 0 Å². The van der Waals surface area contributed by atoms with E-state index in [9.17, 15) is 4.79 Å². The van der Waals surface area contributed by atoms with Crippen molar-refractivity contribution >= 4 is 5.78 Å². The largest absolute Gasteiger partial charge is 0.377 e. The van der Waals surface area contributed by atoms with Crippen LogP contribution in [0.1, 0.15) is 6.42 Å². The summed E-state index contributed by atoms with van der Waals surface area (Å²) in [5.41, 5.74) is 0.733. The maximum atomic E-state index is 12.6. The third kappa shape index (κ3) is 0.942. The predicted octanol–water partition coefficient (Wildman–Crippen LogP) is 1.08. The minimum absolute atomic E-state index is 0.0443. The Bertz CT molecular complexity index is 478. The molecule has 2 bridgehead atoms. The lowest BCUT2D eigenvalue weighted by atomic mass is 9.53. The summed E-state index contributed by atoms with van der Waals surface area (Å²) in [5, 5.41) is 0. The average Bonchev–Trinajstić information content (AvgIpc) is 2.42. The molecule has 2 saturated heterocycles. The van der Waals surface area contributed by atoms with Crippen molar-refractivity contribution in [1.29, 1.82) is 0 Å². The molecule has 5 aliphatic rings. The highest BCUT2D eigenvalue weighted by Crippen LogP contribution is 2.60. The quantitative estimate of drug-likeness (QED) is 0.651. The van der Waals surface area contributed by atoms with Crippen molar-refractivity contribution in [3.8, 4) is 0 Å². The molecule has 2 heterocycles. The van der Waals surface area contributed by atoms with E-state index in [2.05, 4.69) is 6.08 Å². The number of hydrogen-bond donors (Lipinski definition) is 0. The van der Waals surface area contributed by atoms with Gasteiger partial charge in [0, 0.05) is 13.0 Å². The van der Waals surface area contributed by atoms with Crippen molar-refractivity contribution in [3.63, 3.8) is 0 Å². The Morgan fingerprint density at radius 3 is 3.22 bits per heavy atom. The third-order valence-corrected chi connectivity index (χ3v) is 4.93. The van der Waals surface area contributed by atoms with Crippen LogP contribution in [0.3, 0.4) is 0 Å². The van der Waals surface area contributed by atoms with Crippen molar-refractivity contribution in [2.75, 3.05) is 26.9 Å². The number of ketones is 1. The molecule has 3 aliphatic carbocycles. The van der Waals surface area contributed by atoms with E-state index in [1.165, 1.54) is 0 Å². The second kappa shape index (κ2) is 3.32. The second-order valence-corrected chi connectivity index (χ2v) is 5.48. The van der Waals surface area contributed by atoms with Crippen LogP contribution in [0.15, 0.2) is 23.8 Å². The summed E-state index contributed by atoms with van der Waals surface area (Å²) >= 11 is 0. The van der Waals surface area contributed by atoms with Crippen molar-refractivity contribution in [1.82, 2.24) is 0 Å². The highest BCUT2D eigenvalue weighted by Gasteiger charge is 2.69. The molecule has 0 N–H and O–H groups in total. The van der Waals surface area contributed by atoms with Gasteiger partial charge in [-0.25, -0.2) is 0 Å². The maximum absolute atomic E-state index is 12.6. The summed E-state index contributed by atoms with van der Waals surface area (Å²) in [7, 11) is 1.58. The summed E-state index contributed by atoms with van der Waals surface area (Å²) in [6.45, 7) is 1.82. The van der Waals surface area contributed by atoms with Gasteiger partial charge in [0.15, 0.2) is 0 Å². The first kappa shape index (κ1) is 10.9. The van der Waals surface area contributed by atoms with E-state index in [0.29, 0.717) is 19.8 Å². The second-order valence-electron chi connectivity index (χ2n) is 5.48. The highest BCUT2D eigenvalue weighted by molar-refractivity contribution is 5.96. The third-order valence-electron chi connectivity index (χ3n) is 4.93. The topological polar surface area (TPSA) is 44.8 Å². The van der Waals surface area contributed by atoms with Crippen LogP contribution in [0, 0.1) is 17.3 Å². The SMILES string of the molecule is COC12OCC[C@H]3COCC4=C[C@H](C=C[C@@]431)C2=O. The van der Waals surface area contributed by atoms with Crippen LogP contribution in [0.25, 0.3) is 0 Å². The summed E-state index contributed by atoms with van der Waals surface area (Å²) in [5.74, 6) is -1.01. The Kier molecular flexibility index (Phi) is 2.01. The van der Waals surface area contributed by atoms with E-state index in [1.54, 1.807) is 7.11 Å². The zero-order valence-corrected chi connectivity index (χ0v) is 10.3. The van der Waals surface area contributed by atoms with Crippen LogP contribution >= 0.6 is 0 Å². The van der Waals surface area contributed by atoms with E-state index in [-0.39, 0.29) is 17.6 Å². The van der Waals surface area contributed by atoms with Gasteiger partial charge in [-0.3, -0.25) is 4.79 Å². The van der Waals surface area contributed by atoms with Gasteiger partial charge in [0.05, 0.1) is 31.2 Å². The minimum atomic E-state index is -1.11. The fourth-order valence-electron chi connectivity index (χ4n) is 4.13. The van der Waals surface area contributed by atoms with Gasteiger partial charge >= 0.3 is 0 Å². The van der Waals surface area contributed by atoms with E-state index >= 15 is 0 Å². The lowest BCUT2D eigenvalue weighted by Crippen LogP contribution is -2.70. The van der Waals surface area contributed by atoms with Gasteiger partial charge in [-0.15, -0.1) is 0 Å². The van der Waals surface area contributed by atoms with Crippen molar-refractivity contribution < 1.29 is 19.0 Å². The fraction of sp³-hybridized carbons (Fsp3) is 0.643. The molecule has 0 amide bonds. The van der Waals surface area contributed by atoms with Gasteiger partial charge in [-0.2, -0.15) is 0 Å². The standard InChI is InChI=1S/C14H16O4/c1-16-14-12(15)9-2-4-13(14)10(3-5-18-14)7-17-8-11(13)6-9/h2,4,6,9-10H,3,5,7-8H2,1H3/t9-,10-,13-,14?/m0/s1. The molecule has 0 radical (unpaired) electrons. The number of allylic oxidation sites excluding steroid dienone is 2. The monoisotopic (exact) mass is 248 g/mol. The molecule has 1 unspecified atom stereocenters. The molecule has 18 heavy (non-hydrogen) atoms. The van der Waals surface area contributed by atoms with Gasteiger partial charge in [-0.1, -0.05) is 18.2 Å². The Morgan fingerprint density at radius 1 is 1.50 bits per heavy atom. The number of methoxy groups -OCH3 is 1. The predicted molar refractivity (Wildman–Crippen MR) is 62.8 cm³/mol. The van der Waals surface area contributed by atoms with Crippen LogP contribution in [-0.4, -0.2) is 38.5 Å². The summed E-state index contributed by atoms with van der Waals surface area (Å²) in [6, 6.07) is 0. The molecule has 2 fully saturated rings. The van der Waals surface area contributed by atoms with Crippen molar-refractivity contribution in [2.24, 2.45) is 17.3 Å². The smallest absolute Gasteiger partial charge is 0.243 e. The molecule has 4 heteroatoms. The normalized spacial score (nSPS) is 48.9. The first-order chi connectivity index (χ1) is 8.74. The molecule has 0 saturated carbocycles. The molecule has 1 spiro atoms. The molecule has 0 aromatic rings. The molecule has 96 valence electrons. The van der Waals surface area contributed by atoms with Gasteiger partial charge < -0.3 is 14.2 Å². The molecule has 0 aromatic carbocycles. The molecular weight excluding hydrogens is 232 g/mol. The number of ether oxygens (including phenoxy) is 3. The molecule has 4 nitrogen and oxygen atoms in total. The van der Waals surface area contributed by atoms with E-state index in [4.69, 9.17) is 14.2 Å². The van der Waals surface area contributed by atoms with Gasteiger partial charge in [-0.05, 0) is 12.0 Å². The first-order valence-corrected chi connectivity index (χ1v) is 6.46. The van der Waals surface area contributed by atoms with Crippen LogP contribution in [0.4, 0.5) is 0 Å². The highest BCUT2D eigenvalue weighted by atomic mass is 16.7. The molecule has 0 aromatic heterocycles. The number of rotatable bonds is 1.